The number of aromatic nitrogens is 2. The summed E-state index contributed by atoms with van der Waals surface area (Å²) in [6.07, 6.45) is 9.20. The zero-order valence-corrected chi connectivity index (χ0v) is 13.6. The molecule has 0 atom stereocenters. The molecular formula is C15H24N4O2S. The third-order valence-electron chi connectivity index (χ3n) is 4.65. The van der Waals surface area contributed by atoms with Crippen LogP contribution in [0.15, 0.2) is 0 Å². The van der Waals surface area contributed by atoms with Gasteiger partial charge in [-0.25, -0.2) is 4.79 Å². The molecule has 1 heterocycles. The Labute approximate surface area is 134 Å². The number of urea groups is 1. The molecule has 22 heavy (non-hydrogen) atoms. The van der Waals surface area contributed by atoms with E-state index in [2.05, 4.69) is 20.8 Å². The second-order valence-corrected chi connectivity index (χ2v) is 7.39. The molecule has 6 nitrogen and oxygen atoms in total. The van der Waals surface area contributed by atoms with Gasteiger partial charge in [0.15, 0.2) is 0 Å². The average Bonchev–Trinajstić information content (AvgIpc) is 2.99. The van der Waals surface area contributed by atoms with Crippen LogP contribution in [-0.4, -0.2) is 33.5 Å². The molecule has 0 aromatic carbocycles. The lowest BCUT2D eigenvalue weighted by molar-refractivity contribution is 0.118. The van der Waals surface area contributed by atoms with Crippen molar-refractivity contribution >= 4 is 22.5 Å². The summed E-state index contributed by atoms with van der Waals surface area (Å²) in [5.74, 6) is 0.518. The maximum Gasteiger partial charge on any atom is 0.321 e. The average molecular weight is 324 g/mol. The minimum Gasteiger partial charge on any atom is -0.393 e. The molecule has 1 aromatic rings. The summed E-state index contributed by atoms with van der Waals surface area (Å²) in [5.41, 5.74) is 0. The number of nitrogens with one attached hydrogen (secondary N) is 2. The Morgan fingerprint density at radius 2 is 1.77 bits per heavy atom. The maximum atomic E-state index is 12.0. The van der Waals surface area contributed by atoms with Crippen molar-refractivity contribution in [2.24, 2.45) is 0 Å². The fourth-order valence-electron chi connectivity index (χ4n) is 3.34. The van der Waals surface area contributed by atoms with Gasteiger partial charge < -0.3 is 10.4 Å². The van der Waals surface area contributed by atoms with Crippen molar-refractivity contribution in [3.8, 4) is 0 Å². The number of anilines is 1. The summed E-state index contributed by atoms with van der Waals surface area (Å²) in [6, 6.07) is -0.0677. The van der Waals surface area contributed by atoms with Crippen molar-refractivity contribution in [1.82, 2.24) is 15.5 Å². The molecule has 3 rings (SSSR count). The van der Waals surface area contributed by atoms with Crippen LogP contribution in [0.2, 0.25) is 0 Å². The van der Waals surface area contributed by atoms with Crippen LogP contribution in [0.4, 0.5) is 9.93 Å². The molecule has 1 aromatic heterocycles. The normalized spacial score (nSPS) is 26.6. The first-order valence-corrected chi connectivity index (χ1v) is 9.11. The second-order valence-electron chi connectivity index (χ2n) is 6.38. The van der Waals surface area contributed by atoms with Gasteiger partial charge in [-0.15, -0.1) is 10.2 Å². The highest BCUT2D eigenvalue weighted by Gasteiger charge is 2.22. The SMILES string of the molecule is O=C(Nc1nnc(C2CCCCC2)s1)NC1CCC(O)CC1. The summed E-state index contributed by atoms with van der Waals surface area (Å²) in [6.45, 7) is 0. The molecule has 2 amide bonds. The van der Waals surface area contributed by atoms with Gasteiger partial charge in [0, 0.05) is 12.0 Å². The highest BCUT2D eigenvalue weighted by molar-refractivity contribution is 7.15. The summed E-state index contributed by atoms with van der Waals surface area (Å²) in [4.78, 5) is 12.0. The van der Waals surface area contributed by atoms with Crippen molar-refractivity contribution in [2.75, 3.05) is 5.32 Å². The molecule has 0 spiro atoms. The van der Waals surface area contributed by atoms with Gasteiger partial charge in [-0.2, -0.15) is 0 Å². The largest absolute Gasteiger partial charge is 0.393 e. The van der Waals surface area contributed by atoms with Crippen LogP contribution in [-0.2, 0) is 0 Å². The Bertz CT molecular complexity index is 493. The minimum absolute atomic E-state index is 0.147. The van der Waals surface area contributed by atoms with E-state index in [0.717, 1.165) is 30.7 Å². The number of carbonyl (C=O) groups is 1. The van der Waals surface area contributed by atoms with Gasteiger partial charge in [-0.05, 0) is 38.5 Å². The fraction of sp³-hybridized carbons (Fsp3) is 0.800. The van der Waals surface area contributed by atoms with Crippen LogP contribution in [0.25, 0.3) is 0 Å². The third-order valence-corrected chi connectivity index (χ3v) is 5.65. The van der Waals surface area contributed by atoms with Crippen LogP contribution in [0.3, 0.4) is 0 Å². The van der Waals surface area contributed by atoms with Gasteiger partial charge in [-0.3, -0.25) is 5.32 Å². The highest BCUT2D eigenvalue weighted by atomic mass is 32.1. The van der Waals surface area contributed by atoms with E-state index in [4.69, 9.17) is 0 Å². The number of hydrogen-bond acceptors (Lipinski definition) is 5. The molecule has 0 radical (unpaired) electrons. The predicted octanol–water partition coefficient (Wildman–Crippen LogP) is 3.01. The Morgan fingerprint density at radius 1 is 1.05 bits per heavy atom. The van der Waals surface area contributed by atoms with Gasteiger partial charge in [0.1, 0.15) is 5.01 Å². The number of amides is 2. The zero-order chi connectivity index (χ0) is 15.4. The maximum absolute atomic E-state index is 12.0. The van der Waals surface area contributed by atoms with Crippen molar-refractivity contribution in [3.63, 3.8) is 0 Å². The Kier molecular flexibility index (Phi) is 5.25. The van der Waals surface area contributed by atoms with Gasteiger partial charge in [-0.1, -0.05) is 30.6 Å². The minimum atomic E-state index is -0.215. The van der Waals surface area contributed by atoms with E-state index in [0.29, 0.717) is 11.0 Å². The van der Waals surface area contributed by atoms with Crippen molar-refractivity contribution in [2.45, 2.75) is 75.9 Å². The standard InChI is InChI=1S/C15H24N4O2S/c20-12-8-6-11(7-9-12)16-14(21)17-15-19-18-13(22-15)10-4-2-1-3-5-10/h10-12,20H,1-9H2,(H2,16,17,19,21). The first-order chi connectivity index (χ1) is 10.7. The molecule has 122 valence electrons. The summed E-state index contributed by atoms with van der Waals surface area (Å²) >= 11 is 1.50. The first kappa shape index (κ1) is 15.7. The highest BCUT2D eigenvalue weighted by Crippen LogP contribution is 2.35. The van der Waals surface area contributed by atoms with E-state index in [1.54, 1.807) is 0 Å². The van der Waals surface area contributed by atoms with Gasteiger partial charge in [0.25, 0.3) is 0 Å². The van der Waals surface area contributed by atoms with E-state index in [9.17, 15) is 9.90 Å². The van der Waals surface area contributed by atoms with Crippen LogP contribution in [0.1, 0.15) is 68.7 Å². The number of aliphatic hydroxyl groups is 1. The van der Waals surface area contributed by atoms with E-state index in [1.807, 2.05) is 0 Å². The number of hydrogen-bond donors (Lipinski definition) is 3. The van der Waals surface area contributed by atoms with E-state index in [-0.39, 0.29) is 18.2 Å². The van der Waals surface area contributed by atoms with E-state index in [1.165, 1.54) is 43.4 Å². The van der Waals surface area contributed by atoms with Gasteiger partial charge in [0.2, 0.25) is 5.13 Å². The molecule has 2 aliphatic carbocycles. The molecule has 2 fully saturated rings. The zero-order valence-electron chi connectivity index (χ0n) is 12.8. The first-order valence-electron chi connectivity index (χ1n) is 8.29. The Hall–Kier alpha value is -1.21. The summed E-state index contributed by atoms with van der Waals surface area (Å²) < 4.78 is 0. The van der Waals surface area contributed by atoms with Gasteiger partial charge in [0.05, 0.1) is 6.10 Å². The lowest BCUT2D eigenvalue weighted by Crippen LogP contribution is -2.40. The molecule has 2 aliphatic rings. The van der Waals surface area contributed by atoms with Crippen LogP contribution in [0.5, 0.6) is 0 Å². The molecule has 0 unspecified atom stereocenters. The summed E-state index contributed by atoms with van der Waals surface area (Å²) in [5, 5.41) is 25.2. The molecule has 3 N–H and O–H groups in total. The molecule has 7 heteroatoms. The Morgan fingerprint density at radius 3 is 2.50 bits per heavy atom. The van der Waals surface area contributed by atoms with E-state index >= 15 is 0 Å². The third kappa shape index (κ3) is 4.16. The number of carbonyl (C=O) groups excluding carboxylic acids is 1. The topological polar surface area (TPSA) is 87.1 Å². The van der Waals surface area contributed by atoms with Crippen molar-refractivity contribution in [3.05, 3.63) is 5.01 Å². The number of rotatable bonds is 3. The molecule has 0 saturated heterocycles. The number of aliphatic hydroxyl groups excluding tert-OH is 1. The van der Waals surface area contributed by atoms with Crippen molar-refractivity contribution in [1.29, 1.82) is 0 Å². The lowest BCUT2D eigenvalue weighted by Gasteiger charge is -2.25. The quantitative estimate of drug-likeness (QED) is 0.797. The van der Waals surface area contributed by atoms with Crippen LogP contribution in [0, 0.1) is 0 Å². The molecule has 2 saturated carbocycles. The Balaban J connectivity index is 1.48. The van der Waals surface area contributed by atoms with Crippen LogP contribution < -0.4 is 10.6 Å². The van der Waals surface area contributed by atoms with E-state index < -0.39 is 0 Å². The monoisotopic (exact) mass is 324 g/mol. The summed E-state index contributed by atoms with van der Waals surface area (Å²) in [7, 11) is 0. The van der Waals surface area contributed by atoms with Crippen LogP contribution >= 0.6 is 11.3 Å². The smallest absolute Gasteiger partial charge is 0.321 e. The second kappa shape index (κ2) is 7.37. The lowest BCUT2D eigenvalue weighted by atomic mass is 9.90. The number of nitrogens with zero attached hydrogens (tertiary/aromatic N) is 2. The molecule has 0 aliphatic heterocycles. The van der Waals surface area contributed by atoms with Crippen molar-refractivity contribution < 1.29 is 9.90 Å². The van der Waals surface area contributed by atoms with Gasteiger partial charge >= 0.3 is 6.03 Å². The molecular weight excluding hydrogens is 300 g/mol. The predicted molar refractivity (Wildman–Crippen MR) is 86.2 cm³/mol. The fourth-order valence-corrected chi connectivity index (χ4v) is 4.25. The molecule has 0 bridgehead atoms.